The van der Waals surface area contributed by atoms with Crippen LogP contribution in [0.15, 0.2) is 12.7 Å². The molecule has 2 atom stereocenters. The maximum absolute atomic E-state index is 12.2. The summed E-state index contributed by atoms with van der Waals surface area (Å²) >= 11 is 0. The zero-order valence-electron chi connectivity index (χ0n) is 7.00. The predicted molar refractivity (Wildman–Crippen MR) is 42.3 cm³/mol. The van der Waals surface area contributed by atoms with Crippen LogP contribution in [0, 0.1) is 0 Å². The summed E-state index contributed by atoms with van der Waals surface area (Å²) in [6, 6.07) is 0. The van der Waals surface area contributed by atoms with Crippen molar-refractivity contribution < 1.29 is 19.0 Å². The number of alkyl halides is 1. The molecule has 4 heteroatoms. The first-order valence-electron chi connectivity index (χ1n) is 3.67. The van der Waals surface area contributed by atoms with Crippen LogP contribution in [0.3, 0.4) is 0 Å². The lowest BCUT2D eigenvalue weighted by atomic mass is 10.2. The molecule has 1 N–H and O–H groups in total. The third kappa shape index (κ3) is 5.85. The van der Waals surface area contributed by atoms with Gasteiger partial charge in [-0.15, -0.1) is 0 Å². The van der Waals surface area contributed by atoms with E-state index in [0.717, 1.165) is 6.08 Å². The van der Waals surface area contributed by atoms with Gasteiger partial charge in [-0.2, -0.15) is 0 Å². The van der Waals surface area contributed by atoms with E-state index in [4.69, 9.17) is 5.11 Å². The maximum Gasteiger partial charge on any atom is 0.330 e. The molecule has 2 unspecified atom stereocenters. The minimum Gasteiger partial charge on any atom is -0.460 e. The van der Waals surface area contributed by atoms with Gasteiger partial charge in [-0.1, -0.05) is 6.58 Å². The van der Waals surface area contributed by atoms with Crippen LogP contribution in [0.1, 0.15) is 13.3 Å². The Hall–Kier alpha value is -0.900. The van der Waals surface area contributed by atoms with E-state index in [2.05, 4.69) is 11.3 Å². The molecule has 0 radical (unpaired) electrons. The van der Waals surface area contributed by atoms with Crippen molar-refractivity contribution in [3.8, 4) is 0 Å². The lowest BCUT2D eigenvalue weighted by Gasteiger charge is -2.10. The first-order valence-corrected chi connectivity index (χ1v) is 3.67. The van der Waals surface area contributed by atoms with Gasteiger partial charge in [0.15, 0.2) is 0 Å². The summed E-state index contributed by atoms with van der Waals surface area (Å²) < 4.78 is 16.7. The van der Waals surface area contributed by atoms with Crippen LogP contribution < -0.4 is 0 Å². The highest BCUT2D eigenvalue weighted by Gasteiger charge is 2.10. The van der Waals surface area contributed by atoms with Crippen LogP contribution in [0.4, 0.5) is 4.39 Å². The van der Waals surface area contributed by atoms with Crippen molar-refractivity contribution in [1.29, 1.82) is 0 Å². The van der Waals surface area contributed by atoms with E-state index < -0.39 is 18.2 Å². The number of carbonyl (C=O) groups excluding carboxylic acids is 1. The molecule has 0 saturated heterocycles. The first kappa shape index (κ1) is 11.1. The van der Waals surface area contributed by atoms with Crippen LogP contribution in [0.25, 0.3) is 0 Å². The van der Waals surface area contributed by atoms with Gasteiger partial charge in [0.05, 0.1) is 12.3 Å². The summed E-state index contributed by atoms with van der Waals surface area (Å²) in [7, 11) is 0. The molecule has 0 rings (SSSR count). The minimum absolute atomic E-state index is 0.0234. The fraction of sp³-hybridized carbons (Fsp3) is 0.625. The third-order valence-electron chi connectivity index (χ3n) is 1.18. The lowest BCUT2D eigenvalue weighted by Crippen LogP contribution is -2.20. The molecule has 0 saturated carbocycles. The third-order valence-corrected chi connectivity index (χ3v) is 1.18. The molecular weight excluding hydrogens is 163 g/mol. The molecule has 0 aliphatic heterocycles. The molecule has 0 aromatic heterocycles. The number of aliphatic hydroxyl groups is 1. The summed E-state index contributed by atoms with van der Waals surface area (Å²) in [5.41, 5.74) is 0. The largest absolute Gasteiger partial charge is 0.460 e. The Morgan fingerprint density at radius 1 is 1.83 bits per heavy atom. The predicted octanol–water partition coefficient (Wildman–Crippen LogP) is 0.825. The number of esters is 1. The maximum atomic E-state index is 12.2. The van der Waals surface area contributed by atoms with E-state index in [1.807, 2.05) is 0 Å². The van der Waals surface area contributed by atoms with Gasteiger partial charge in [0.25, 0.3) is 0 Å². The van der Waals surface area contributed by atoms with E-state index in [9.17, 15) is 9.18 Å². The van der Waals surface area contributed by atoms with E-state index in [0.29, 0.717) is 0 Å². The van der Waals surface area contributed by atoms with Gasteiger partial charge in [-0.3, -0.25) is 0 Å². The highest BCUT2D eigenvalue weighted by atomic mass is 19.1. The number of hydrogen-bond donors (Lipinski definition) is 1. The van der Waals surface area contributed by atoms with E-state index >= 15 is 0 Å². The van der Waals surface area contributed by atoms with Gasteiger partial charge in [-0.05, 0) is 6.92 Å². The number of ether oxygens (including phenoxy) is 1. The Kier molecular flexibility index (Phi) is 5.28. The van der Waals surface area contributed by atoms with Crippen molar-refractivity contribution in [1.82, 2.24) is 0 Å². The zero-order valence-corrected chi connectivity index (χ0v) is 7.00. The normalized spacial score (nSPS) is 14.9. The summed E-state index contributed by atoms with van der Waals surface area (Å²) in [4.78, 5) is 10.5. The summed E-state index contributed by atoms with van der Waals surface area (Å²) in [5.74, 6) is -0.611. The average Bonchev–Trinajstić information content (AvgIpc) is 1.99. The second kappa shape index (κ2) is 5.71. The fourth-order valence-corrected chi connectivity index (χ4v) is 0.680. The van der Waals surface area contributed by atoms with Crippen molar-refractivity contribution in [2.24, 2.45) is 0 Å². The molecule has 12 heavy (non-hydrogen) atoms. The standard InChI is InChI=1S/C8H13FO3/c1-3-8(11)12-5-7(10)4-6(2)9/h3,6-7,10H,1,4-5H2,2H3. The number of rotatable bonds is 5. The molecule has 0 heterocycles. The number of carbonyl (C=O) groups is 1. The van der Waals surface area contributed by atoms with Crippen molar-refractivity contribution in [2.75, 3.05) is 6.61 Å². The number of halogens is 1. The molecule has 0 aliphatic rings. The summed E-state index contributed by atoms with van der Waals surface area (Å²) in [6.45, 7) is 4.32. The average molecular weight is 176 g/mol. The Morgan fingerprint density at radius 2 is 2.42 bits per heavy atom. The Bertz CT molecular complexity index is 156. The first-order chi connectivity index (χ1) is 5.56. The quantitative estimate of drug-likeness (QED) is 0.498. The molecule has 0 aromatic carbocycles. The molecule has 3 nitrogen and oxygen atoms in total. The van der Waals surface area contributed by atoms with E-state index in [1.54, 1.807) is 0 Å². The number of hydrogen-bond acceptors (Lipinski definition) is 3. The van der Waals surface area contributed by atoms with Gasteiger partial charge in [0.2, 0.25) is 0 Å². The monoisotopic (exact) mass is 176 g/mol. The van der Waals surface area contributed by atoms with E-state index in [-0.39, 0.29) is 13.0 Å². The molecule has 0 aliphatic carbocycles. The number of aliphatic hydroxyl groups excluding tert-OH is 1. The van der Waals surface area contributed by atoms with Crippen LogP contribution in [0.5, 0.6) is 0 Å². The molecule has 0 aromatic rings. The Labute approximate surface area is 70.8 Å². The lowest BCUT2D eigenvalue weighted by molar-refractivity contribution is -0.141. The van der Waals surface area contributed by atoms with Crippen molar-refractivity contribution in [3.05, 3.63) is 12.7 Å². The smallest absolute Gasteiger partial charge is 0.330 e. The van der Waals surface area contributed by atoms with Crippen LogP contribution in [-0.2, 0) is 9.53 Å². The Balaban J connectivity index is 3.49. The minimum atomic E-state index is -1.09. The van der Waals surface area contributed by atoms with Crippen LogP contribution >= 0.6 is 0 Å². The Morgan fingerprint density at radius 3 is 2.83 bits per heavy atom. The topological polar surface area (TPSA) is 46.5 Å². The van der Waals surface area contributed by atoms with Gasteiger partial charge >= 0.3 is 5.97 Å². The highest BCUT2D eigenvalue weighted by Crippen LogP contribution is 2.01. The van der Waals surface area contributed by atoms with Gasteiger partial charge in [-0.25, -0.2) is 9.18 Å². The SMILES string of the molecule is C=CC(=O)OCC(O)CC(C)F. The van der Waals surface area contributed by atoms with Crippen molar-refractivity contribution in [2.45, 2.75) is 25.6 Å². The van der Waals surface area contributed by atoms with Gasteiger partial charge in [0, 0.05) is 12.5 Å². The summed E-state index contributed by atoms with van der Waals surface area (Å²) in [6.07, 6.45) is -1.06. The molecule has 70 valence electrons. The molecular formula is C8H13FO3. The van der Waals surface area contributed by atoms with Gasteiger partial charge < -0.3 is 9.84 Å². The second-order valence-electron chi connectivity index (χ2n) is 2.50. The van der Waals surface area contributed by atoms with Gasteiger partial charge in [0.1, 0.15) is 6.61 Å². The van der Waals surface area contributed by atoms with Crippen molar-refractivity contribution >= 4 is 5.97 Å². The molecule has 0 fully saturated rings. The fourth-order valence-electron chi connectivity index (χ4n) is 0.680. The second-order valence-corrected chi connectivity index (χ2v) is 2.50. The molecule has 0 amide bonds. The van der Waals surface area contributed by atoms with E-state index in [1.165, 1.54) is 6.92 Å². The van der Waals surface area contributed by atoms with Crippen LogP contribution in [-0.4, -0.2) is 30.0 Å². The van der Waals surface area contributed by atoms with Crippen molar-refractivity contribution in [3.63, 3.8) is 0 Å². The highest BCUT2D eigenvalue weighted by molar-refractivity contribution is 5.81. The molecule has 0 bridgehead atoms. The zero-order chi connectivity index (χ0) is 9.56. The molecule has 0 spiro atoms. The summed E-state index contributed by atoms with van der Waals surface area (Å²) in [5, 5.41) is 9.01. The van der Waals surface area contributed by atoms with Crippen LogP contribution in [0.2, 0.25) is 0 Å².